The van der Waals surface area contributed by atoms with Crippen LogP contribution in [0.4, 0.5) is 4.79 Å². The number of hydrogen-bond acceptors (Lipinski definition) is 13. The number of ether oxygens (including phenoxy) is 6. The van der Waals surface area contributed by atoms with E-state index in [9.17, 15) is 24.9 Å². The van der Waals surface area contributed by atoms with Crippen molar-refractivity contribution >= 4 is 44.7 Å². The number of benzene rings is 4. The number of methoxy groups -OCH3 is 2. The summed E-state index contributed by atoms with van der Waals surface area (Å²) in [6, 6.07) is 18.1. The van der Waals surface area contributed by atoms with Crippen LogP contribution >= 0.6 is 0 Å². The molecule has 2 fully saturated rings. The van der Waals surface area contributed by atoms with Crippen LogP contribution in [0.3, 0.4) is 0 Å². The molecule has 9 atom stereocenters. The maximum Gasteiger partial charge on any atom is 0.407 e. The van der Waals surface area contributed by atoms with Crippen molar-refractivity contribution in [3.05, 3.63) is 60.2 Å². The van der Waals surface area contributed by atoms with Gasteiger partial charge in [0.2, 0.25) is 0 Å². The second-order valence-electron chi connectivity index (χ2n) is 13.6. The number of carbonyl (C=O) groups is 2. The minimum atomic E-state index is -1.43. The molecule has 9 unspecified atom stereocenters. The van der Waals surface area contributed by atoms with Gasteiger partial charge in [-0.05, 0) is 57.3 Å². The van der Waals surface area contributed by atoms with Crippen molar-refractivity contribution in [2.24, 2.45) is 0 Å². The van der Waals surface area contributed by atoms with Gasteiger partial charge < -0.3 is 64.5 Å². The van der Waals surface area contributed by atoms with E-state index in [0.29, 0.717) is 19.4 Å². The van der Waals surface area contributed by atoms with Crippen molar-refractivity contribution in [1.29, 1.82) is 0 Å². The van der Waals surface area contributed by atoms with Crippen LogP contribution in [0.15, 0.2) is 54.6 Å². The largest absolute Gasteiger partial charge is 0.445 e. The van der Waals surface area contributed by atoms with Gasteiger partial charge in [-0.15, -0.1) is 0 Å². The Morgan fingerprint density at radius 3 is 2.30 bits per heavy atom. The van der Waals surface area contributed by atoms with Crippen molar-refractivity contribution in [3.8, 4) is 0 Å². The minimum Gasteiger partial charge on any atom is -0.445 e. The molecule has 2 aliphatic heterocycles. The maximum atomic E-state index is 12.5. The molecule has 288 valence electrons. The highest BCUT2D eigenvalue weighted by molar-refractivity contribution is 6.23. The monoisotopic (exact) mass is 737 g/mol. The van der Waals surface area contributed by atoms with E-state index >= 15 is 0 Å². The number of rotatable bonds is 18. The van der Waals surface area contributed by atoms with E-state index < -0.39 is 61.3 Å². The van der Waals surface area contributed by atoms with Crippen molar-refractivity contribution in [2.45, 2.75) is 87.5 Å². The first-order valence-electron chi connectivity index (χ1n) is 18.3. The third-order valence-electron chi connectivity index (χ3n) is 10.2. The van der Waals surface area contributed by atoms with Crippen LogP contribution in [-0.2, 0) is 39.8 Å². The Labute approximate surface area is 308 Å². The first kappa shape index (κ1) is 39.2. The molecule has 53 heavy (non-hydrogen) atoms. The summed E-state index contributed by atoms with van der Waals surface area (Å²) in [4.78, 5) is 23.6. The standard InChI is InChI=1S/C39H51N3O11/c1-48-29-22-50-38(35(46)33(29)44)53-36-32(41-18-19-43)37(49-2)52-28(34(36)45)20-40-16-5-3-4-6-17-42-39(47)51-21-26-13-12-25-11-10-23-8-7-9-24-14-15-27(26)31(25)30(23)24/h7-15,19,28-29,32-38,40-41,44-46H,3-6,16-18,20-22H2,1-2H3,(H,42,47). The van der Waals surface area contributed by atoms with Gasteiger partial charge in [0.05, 0.1) is 19.2 Å². The van der Waals surface area contributed by atoms with E-state index in [1.54, 1.807) is 0 Å². The van der Waals surface area contributed by atoms with E-state index in [1.165, 1.54) is 41.2 Å². The van der Waals surface area contributed by atoms with Gasteiger partial charge in [0.1, 0.15) is 49.5 Å². The Morgan fingerprint density at radius 1 is 0.849 bits per heavy atom. The van der Waals surface area contributed by atoms with Gasteiger partial charge in [0, 0.05) is 27.3 Å². The summed E-state index contributed by atoms with van der Waals surface area (Å²) in [5.41, 5.74) is 0.970. The fraction of sp³-hybridized carbons (Fsp3) is 0.538. The third kappa shape index (κ3) is 9.06. The number of nitrogens with one attached hydrogen (secondary N) is 3. The van der Waals surface area contributed by atoms with Crippen LogP contribution in [0.2, 0.25) is 0 Å². The Balaban J connectivity index is 0.898. The van der Waals surface area contributed by atoms with Crippen LogP contribution in [-0.4, -0.2) is 130 Å². The lowest BCUT2D eigenvalue weighted by Gasteiger charge is -2.46. The highest BCUT2D eigenvalue weighted by Crippen LogP contribution is 2.36. The molecule has 14 nitrogen and oxygen atoms in total. The molecule has 2 aliphatic rings. The van der Waals surface area contributed by atoms with Crippen molar-refractivity contribution in [3.63, 3.8) is 0 Å². The summed E-state index contributed by atoms with van der Waals surface area (Å²) in [6.45, 7) is 1.57. The Morgan fingerprint density at radius 2 is 1.57 bits per heavy atom. The van der Waals surface area contributed by atoms with Crippen LogP contribution in [0.5, 0.6) is 0 Å². The van der Waals surface area contributed by atoms with Crippen LogP contribution < -0.4 is 16.0 Å². The quantitative estimate of drug-likeness (QED) is 0.0497. The lowest BCUT2D eigenvalue weighted by Crippen LogP contribution is -2.67. The first-order valence-corrected chi connectivity index (χ1v) is 18.3. The number of hydrogen-bond donors (Lipinski definition) is 6. The molecule has 0 aromatic heterocycles. The lowest BCUT2D eigenvalue weighted by atomic mass is 9.92. The number of aliphatic hydroxyl groups excluding tert-OH is 3. The van der Waals surface area contributed by atoms with Crippen molar-refractivity contribution in [2.75, 3.05) is 47.0 Å². The van der Waals surface area contributed by atoms with Gasteiger partial charge in [0.15, 0.2) is 12.6 Å². The molecule has 0 radical (unpaired) electrons. The second-order valence-corrected chi connectivity index (χ2v) is 13.6. The SMILES string of the molecule is COC1COC(OC2C(O)C(CNCCCCCCNC(=O)OCc3ccc4ccc5cccc6ccc3c4c56)OC(OC)C2NCC=O)C(O)C1O. The fourth-order valence-electron chi connectivity index (χ4n) is 7.38. The highest BCUT2D eigenvalue weighted by atomic mass is 16.7. The molecule has 6 rings (SSSR count). The summed E-state index contributed by atoms with van der Waals surface area (Å²) in [5, 5.41) is 48.5. The zero-order valence-corrected chi connectivity index (χ0v) is 30.1. The predicted octanol–water partition coefficient (Wildman–Crippen LogP) is 2.33. The molecule has 14 heteroatoms. The zero-order chi connectivity index (χ0) is 37.3. The summed E-state index contributed by atoms with van der Waals surface area (Å²) in [6.07, 6.45) is -4.77. The van der Waals surface area contributed by atoms with Gasteiger partial charge in [-0.25, -0.2) is 4.79 Å². The lowest BCUT2D eigenvalue weighted by molar-refractivity contribution is -0.326. The number of unbranched alkanes of at least 4 members (excludes halogenated alkanes) is 3. The second kappa shape index (κ2) is 18.7. The molecule has 2 saturated heterocycles. The van der Waals surface area contributed by atoms with E-state index in [-0.39, 0.29) is 26.3 Å². The number of amides is 1. The third-order valence-corrected chi connectivity index (χ3v) is 10.2. The normalized spacial score (nSPS) is 27.8. The molecular formula is C39H51N3O11. The molecule has 2 heterocycles. The van der Waals surface area contributed by atoms with Crippen molar-refractivity contribution in [1.82, 2.24) is 16.0 Å². The average Bonchev–Trinajstić information content (AvgIpc) is 3.18. The summed E-state index contributed by atoms with van der Waals surface area (Å²) in [5.74, 6) is 0. The van der Waals surface area contributed by atoms with E-state index in [1.807, 2.05) is 6.07 Å². The number of aliphatic hydroxyl groups is 3. The Kier molecular flexibility index (Phi) is 13.8. The van der Waals surface area contributed by atoms with Crippen LogP contribution in [0.25, 0.3) is 32.3 Å². The van der Waals surface area contributed by atoms with Gasteiger partial charge >= 0.3 is 6.09 Å². The molecular weight excluding hydrogens is 686 g/mol. The van der Waals surface area contributed by atoms with E-state index in [0.717, 1.165) is 36.6 Å². The molecule has 0 spiro atoms. The summed E-state index contributed by atoms with van der Waals surface area (Å²) in [7, 11) is 2.85. The van der Waals surface area contributed by atoms with Gasteiger partial charge in [0.25, 0.3) is 0 Å². The zero-order valence-electron chi connectivity index (χ0n) is 30.1. The summed E-state index contributed by atoms with van der Waals surface area (Å²) >= 11 is 0. The molecule has 4 aromatic rings. The Bertz CT molecular complexity index is 1760. The Hall–Kier alpha value is -3.54. The van der Waals surface area contributed by atoms with Gasteiger partial charge in [-0.1, -0.05) is 67.4 Å². The first-order chi connectivity index (χ1) is 25.8. The number of aldehydes is 1. The molecule has 1 amide bonds. The number of carbonyl (C=O) groups excluding carboxylic acids is 2. The predicted molar refractivity (Wildman–Crippen MR) is 197 cm³/mol. The van der Waals surface area contributed by atoms with Gasteiger partial charge in [-0.3, -0.25) is 0 Å². The van der Waals surface area contributed by atoms with E-state index in [2.05, 4.69) is 64.5 Å². The topological polar surface area (TPSA) is 186 Å². The van der Waals surface area contributed by atoms with Crippen molar-refractivity contribution < 1.29 is 53.3 Å². The number of alkyl carbamates (subject to hydrolysis) is 1. The molecule has 0 aliphatic carbocycles. The summed E-state index contributed by atoms with van der Waals surface area (Å²) < 4.78 is 33.9. The molecule has 0 bridgehead atoms. The average molecular weight is 738 g/mol. The smallest absolute Gasteiger partial charge is 0.407 e. The molecule has 6 N–H and O–H groups in total. The minimum absolute atomic E-state index is 0.0204. The van der Waals surface area contributed by atoms with E-state index in [4.69, 9.17) is 28.4 Å². The van der Waals surface area contributed by atoms with Crippen LogP contribution in [0.1, 0.15) is 31.2 Å². The van der Waals surface area contributed by atoms with Gasteiger partial charge in [-0.2, -0.15) is 0 Å². The maximum absolute atomic E-state index is 12.5. The van der Waals surface area contributed by atoms with Crippen LogP contribution in [0, 0.1) is 0 Å². The fourth-order valence-corrected chi connectivity index (χ4v) is 7.38. The molecule has 4 aromatic carbocycles. The molecule has 0 saturated carbocycles. The highest BCUT2D eigenvalue weighted by Gasteiger charge is 2.49.